The third-order valence-electron chi connectivity index (χ3n) is 4.40. The van der Waals surface area contributed by atoms with E-state index in [-0.39, 0.29) is 37.4 Å². The van der Waals surface area contributed by atoms with Crippen LogP contribution >= 0.6 is 24.0 Å². The number of rotatable bonds is 9. The number of hydrogen-bond acceptors (Lipinski definition) is 6. The van der Waals surface area contributed by atoms with Gasteiger partial charge in [0.15, 0.2) is 0 Å². The fraction of sp³-hybridized carbons (Fsp3) is 0.227. The third-order valence-corrected chi connectivity index (χ3v) is 5.79. The summed E-state index contributed by atoms with van der Waals surface area (Å²) in [5, 5.41) is 12.4. The van der Waals surface area contributed by atoms with Crippen molar-refractivity contribution in [3.63, 3.8) is 0 Å². The van der Waals surface area contributed by atoms with E-state index in [4.69, 9.17) is 16.6 Å². The van der Waals surface area contributed by atoms with Gasteiger partial charge < -0.3 is 14.8 Å². The summed E-state index contributed by atoms with van der Waals surface area (Å²) in [5.41, 5.74) is 1.03. The number of carbonyl (C=O) groups is 2. The molecule has 1 saturated heterocycles. The van der Waals surface area contributed by atoms with Crippen molar-refractivity contribution in [1.82, 2.24) is 10.2 Å². The number of nitrogens with zero attached hydrogens (tertiary/aromatic N) is 1. The molecule has 6 nitrogen and oxygen atoms in total. The molecule has 1 aromatic carbocycles. The topological polar surface area (TPSA) is 82.8 Å². The van der Waals surface area contributed by atoms with E-state index in [0.717, 1.165) is 5.56 Å². The Balaban J connectivity index is 1.50. The zero-order chi connectivity index (χ0) is 21.3. The van der Waals surface area contributed by atoms with E-state index >= 15 is 0 Å². The number of carbonyl (C=O) groups excluding carboxylic acids is 2. The maximum atomic E-state index is 12.6. The van der Waals surface area contributed by atoms with E-state index in [9.17, 15) is 14.7 Å². The number of allylic oxidation sites excluding steroid dienone is 2. The highest BCUT2D eigenvalue weighted by Gasteiger charge is 2.31. The fourth-order valence-corrected chi connectivity index (χ4v) is 4.16. The van der Waals surface area contributed by atoms with Crippen molar-refractivity contribution >= 4 is 46.2 Å². The summed E-state index contributed by atoms with van der Waals surface area (Å²) < 4.78 is 5.63. The zero-order valence-electron chi connectivity index (χ0n) is 16.2. The minimum atomic E-state index is -0.377. The summed E-state index contributed by atoms with van der Waals surface area (Å²) in [4.78, 5) is 26.8. The first kappa shape index (κ1) is 22.0. The van der Waals surface area contributed by atoms with Gasteiger partial charge >= 0.3 is 0 Å². The summed E-state index contributed by atoms with van der Waals surface area (Å²) in [5.74, 6) is 0.234. The Kier molecular flexibility index (Phi) is 8.01. The van der Waals surface area contributed by atoms with Crippen LogP contribution in [0.1, 0.15) is 17.7 Å². The quantitative estimate of drug-likeness (QED) is 0.459. The molecule has 8 heteroatoms. The smallest absolute Gasteiger partial charge is 0.266 e. The number of hydrogen-bond donors (Lipinski definition) is 2. The van der Waals surface area contributed by atoms with E-state index in [1.54, 1.807) is 30.6 Å². The molecule has 156 valence electrons. The van der Waals surface area contributed by atoms with E-state index in [0.29, 0.717) is 21.4 Å². The number of aliphatic hydroxyl groups is 1. The normalized spacial score (nSPS) is 16.6. The largest absolute Gasteiger partial charge is 0.465 e. The number of thioether (sulfide) groups is 1. The molecule has 2 amide bonds. The third kappa shape index (κ3) is 6.16. The van der Waals surface area contributed by atoms with Gasteiger partial charge in [0.2, 0.25) is 5.91 Å². The van der Waals surface area contributed by atoms with Crippen LogP contribution in [0.5, 0.6) is 0 Å². The van der Waals surface area contributed by atoms with Crippen LogP contribution in [-0.2, 0) is 16.0 Å². The molecule has 0 spiro atoms. The van der Waals surface area contributed by atoms with Crippen LogP contribution in [0, 0.1) is 0 Å². The predicted molar refractivity (Wildman–Crippen MR) is 122 cm³/mol. The first-order valence-electron chi connectivity index (χ1n) is 9.46. The molecular formula is C22H22N2O4S2. The lowest BCUT2D eigenvalue weighted by Gasteiger charge is -2.18. The summed E-state index contributed by atoms with van der Waals surface area (Å²) in [6.45, 7) is 0.0334. The van der Waals surface area contributed by atoms with Gasteiger partial charge in [0, 0.05) is 13.0 Å². The van der Waals surface area contributed by atoms with Crippen LogP contribution in [0.15, 0.2) is 70.2 Å². The second-order valence-electron chi connectivity index (χ2n) is 6.62. The lowest BCUT2D eigenvalue weighted by Crippen LogP contribution is -2.41. The highest BCUT2D eigenvalue weighted by atomic mass is 32.2. The van der Waals surface area contributed by atoms with Gasteiger partial charge in [-0.1, -0.05) is 60.4 Å². The second-order valence-corrected chi connectivity index (χ2v) is 8.29. The molecule has 1 fully saturated rings. The van der Waals surface area contributed by atoms with Gasteiger partial charge in [-0.3, -0.25) is 14.5 Å². The fourth-order valence-electron chi connectivity index (χ4n) is 2.90. The molecule has 1 atom stereocenters. The molecule has 1 aromatic heterocycles. The summed E-state index contributed by atoms with van der Waals surface area (Å²) in [6.07, 6.45) is 7.38. The van der Waals surface area contributed by atoms with E-state index in [2.05, 4.69) is 5.32 Å². The van der Waals surface area contributed by atoms with Crippen molar-refractivity contribution < 1.29 is 19.1 Å². The van der Waals surface area contributed by atoms with Crippen molar-refractivity contribution in [1.29, 1.82) is 0 Å². The number of nitrogens with one attached hydrogen (secondary N) is 1. The summed E-state index contributed by atoms with van der Waals surface area (Å²) >= 11 is 6.49. The maximum Gasteiger partial charge on any atom is 0.266 e. The standard InChI is InChI=1S/C22H22N2O4S2/c25-15-17(14-16-6-2-1-3-7-16)23-20(26)11-12-24-21(27)19(30-22(24)29)10-4-8-18-9-5-13-28-18/h1-10,13,17,25H,11-12,14-15H2,(H,23,26). The summed E-state index contributed by atoms with van der Waals surface area (Å²) in [6, 6.07) is 12.9. The highest BCUT2D eigenvalue weighted by molar-refractivity contribution is 8.26. The average molecular weight is 443 g/mol. The minimum Gasteiger partial charge on any atom is -0.465 e. The van der Waals surface area contributed by atoms with Gasteiger partial charge in [-0.15, -0.1) is 0 Å². The average Bonchev–Trinajstić information content (AvgIpc) is 3.35. The molecule has 0 radical (unpaired) electrons. The molecule has 2 aromatic rings. The van der Waals surface area contributed by atoms with Crippen molar-refractivity contribution in [2.75, 3.05) is 13.2 Å². The molecule has 0 aliphatic carbocycles. The van der Waals surface area contributed by atoms with Crippen molar-refractivity contribution in [2.24, 2.45) is 0 Å². The second kappa shape index (κ2) is 10.9. The van der Waals surface area contributed by atoms with E-state index in [1.165, 1.54) is 16.7 Å². The van der Waals surface area contributed by atoms with Gasteiger partial charge in [0.1, 0.15) is 10.1 Å². The number of aliphatic hydroxyl groups excluding tert-OH is 1. The molecule has 1 unspecified atom stereocenters. The predicted octanol–water partition coefficient (Wildman–Crippen LogP) is 3.15. The Labute approximate surface area is 184 Å². The molecule has 0 saturated carbocycles. The highest BCUT2D eigenvalue weighted by Crippen LogP contribution is 2.31. The number of furan rings is 1. The van der Waals surface area contributed by atoms with E-state index < -0.39 is 0 Å². The Morgan fingerprint density at radius 3 is 2.77 bits per heavy atom. The number of amides is 2. The zero-order valence-corrected chi connectivity index (χ0v) is 17.8. The molecule has 2 N–H and O–H groups in total. The van der Waals surface area contributed by atoms with Crippen LogP contribution in [0.25, 0.3) is 6.08 Å². The van der Waals surface area contributed by atoms with Gasteiger partial charge in [0.05, 0.1) is 23.8 Å². The van der Waals surface area contributed by atoms with Crippen LogP contribution in [-0.4, -0.2) is 45.3 Å². The molecule has 1 aliphatic rings. The number of thiocarbonyl (C=S) groups is 1. The Bertz CT molecular complexity index is 939. The number of benzene rings is 1. The first-order valence-corrected chi connectivity index (χ1v) is 10.7. The Morgan fingerprint density at radius 2 is 2.07 bits per heavy atom. The van der Waals surface area contributed by atoms with Gasteiger partial charge in [-0.2, -0.15) is 0 Å². The molecule has 3 rings (SSSR count). The Morgan fingerprint density at radius 1 is 1.27 bits per heavy atom. The van der Waals surface area contributed by atoms with Crippen LogP contribution in [0.4, 0.5) is 0 Å². The SMILES string of the molecule is O=C(CCN1C(=O)C(=CC=Cc2ccco2)SC1=S)NC(CO)Cc1ccccc1. The summed E-state index contributed by atoms with van der Waals surface area (Å²) in [7, 11) is 0. The van der Waals surface area contributed by atoms with Gasteiger partial charge in [-0.25, -0.2) is 0 Å². The lowest BCUT2D eigenvalue weighted by molar-refractivity contribution is -0.124. The molecule has 2 heterocycles. The monoisotopic (exact) mass is 442 g/mol. The van der Waals surface area contributed by atoms with Crippen LogP contribution < -0.4 is 5.32 Å². The van der Waals surface area contributed by atoms with Gasteiger partial charge in [-0.05, 0) is 36.3 Å². The molecule has 1 aliphatic heterocycles. The van der Waals surface area contributed by atoms with Crippen LogP contribution in [0.3, 0.4) is 0 Å². The minimum absolute atomic E-state index is 0.104. The van der Waals surface area contributed by atoms with Crippen LogP contribution in [0.2, 0.25) is 0 Å². The van der Waals surface area contributed by atoms with Crippen molar-refractivity contribution in [3.05, 3.63) is 77.1 Å². The van der Waals surface area contributed by atoms with Gasteiger partial charge in [0.25, 0.3) is 5.91 Å². The van der Waals surface area contributed by atoms with Crippen molar-refractivity contribution in [2.45, 2.75) is 18.9 Å². The van der Waals surface area contributed by atoms with Crippen molar-refractivity contribution in [3.8, 4) is 0 Å². The maximum absolute atomic E-state index is 12.6. The molecule has 0 bridgehead atoms. The molecule has 30 heavy (non-hydrogen) atoms. The lowest BCUT2D eigenvalue weighted by atomic mass is 10.1. The molecular weight excluding hydrogens is 420 g/mol. The Hall–Kier alpha value is -2.68. The first-order chi connectivity index (χ1) is 14.6. The van der Waals surface area contributed by atoms with E-state index in [1.807, 2.05) is 36.4 Å².